The number of hydrogen-bond donors (Lipinski definition) is 2. The van der Waals surface area contributed by atoms with E-state index in [4.69, 9.17) is 0 Å². The van der Waals surface area contributed by atoms with Crippen LogP contribution in [0.2, 0.25) is 0 Å². The summed E-state index contributed by atoms with van der Waals surface area (Å²) >= 11 is 3.38. The van der Waals surface area contributed by atoms with Gasteiger partial charge in [0.2, 0.25) is 0 Å². The lowest BCUT2D eigenvalue weighted by Crippen LogP contribution is -2.28. The van der Waals surface area contributed by atoms with Crippen molar-refractivity contribution in [2.24, 2.45) is 0 Å². The number of alkyl halides is 1. The summed E-state index contributed by atoms with van der Waals surface area (Å²) in [5, 5.41) is 22.4. The number of hydrazine groups is 1. The van der Waals surface area contributed by atoms with Gasteiger partial charge < -0.3 is 5.43 Å². The number of halogens is 1. The average Bonchev–Trinajstić information content (AvgIpc) is 2.56. The predicted octanol–water partition coefficient (Wildman–Crippen LogP) is 3.56. The predicted molar refractivity (Wildman–Crippen MR) is 89.5 cm³/mol. The molecule has 0 aliphatic carbocycles. The molecule has 0 aliphatic heterocycles. The summed E-state index contributed by atoms with van der Waals surface area (Å²) in [6, 6.07) is 12.8. The molecule has 0 saturated heterocycles. The number of benzene rings is 2. The molecule has 2 N–H and O–H groups in total. The summed E-state index contributed by atoms with van der Waals surface area (Å²) in [4.78, 5) is 20.5. The second kappa shape index (κ2) is 7.65. The van der Waals surface area contributed by atoms with Crippen LogP contribution in [0.5, 0.6) is 0 Å². The summed E-state index contributed by atoms with van der Waals surface area (Å²) in [7, 11) is 0. The van der Waals surface area contributed by atoms with Crippen LogP contribution < -0.4 is 10.9 Å². The van der Waals surface area contributed by atoms with Crippen molar-refractivity contribution >= 4 is 33.0 Å². The second-order valence-corrected chi connectivity index (χ2v) is 5.25. The van der Waals surface area contributed by atoms with E-state index in [-0.39, 0.29) is 23.1 Å². The van der Waals surface area contributed by atoms with Gasteiger partial charge in [-0.1, -0.05) is 46.3 Å². The van der Waals surface area contributed by atoms with Crippen molar-refractivity contribution in [1.29, 1.82) is 0 Å². The van der Waals surface area contributed by atoms with Crippen molar-refractivity contribution in [2.75, 3.05) is 10.8 Å². The fourth-order valence-corrected chi connectivity index (χ4v) is 2.49. The van der Waals surface area contributed by atoms with Crippen LogP contribution in [-0.4, -0.2) is 15.2 Å². The molecule has 2 rings (SSSR count). The van der Waals surface area contributed by atoms with Gasteiger partial charge >= 0.3 is 5.69 Å². The normalized spacial score (nSPS) is 11.7. The minimum Gasteiger partial charge on any atom is -0.315 e. The molecule has 0 spiro atoms. The summed E-state index contributed by atoms with van der Waals surface area (Å²) in [6.07, 6.45) is 0. The molecule has 0 bridgehead atoms. The van der Waals surface area contributed by atoms with Crippen molar-refractivity contribution < 1.29 is 9.85 Å². The molecule has 2 aromatic carbocycles. The molecule has 2 aromatic rings. The highest BCUT2D eigenvalue weighted by atomic mass is 79.9. The lowest BCUT2D eigenvalue weighted by atomic mass is 10.1. The molecule has 1 unspecified atom stereocenters. The molecule has 9 heteroatoms. The first-order chi connectivity index (χ1) is 11.0. The van der Waals surface area contributed by atoms with E-state index >= 15 is 0 Å². The van der Waals surface area contributed by atoms with Crippen molar-refractivity contribution in [3.63, 3.8) is 0 Å². The van der Waals surface area contributed by atoms with Crippen molar-refractivity contribution in [2.45, 2.75) is 6.04 Å². The molecule has 0 aliphatic rings. The Balaban J connectivity index is 2.19. The third-order valence-electron chi connectivity index (χ3n) is 3.13. The van der Waals surface area contributed by atoms with Gasteiger partial charge in [0, 0.05) is 11.4 Å². The number of nitrogens with zero attached hydrogens (tertiary/aromatic N) is 2. The first-order valence-corrected chi connectivity index (χ1v) is 7.70. The topological polar surface area (TPSA) is 110 Å². The Hall–Kier alpha value is -2.52. The number of nitro groups is 2. The highest BCUT2D eigenvalue weighted by Gasteiger charge is 2.20. The van der Waals surface area contributed by atoms with Crippen LogP contribution >= 0.6 is 15.9 Å². The number of rotatable bonds is 7. The van der Waals surface area contributed by atoms with E-state index in [1.165, 1.54) is 12.1 Å². The summed E-state index contributed by atoms with van der Waals surface area (Å²) < 4.78 is 0. The largest absolute Gasteiger partial charge is 0.315 e. The number of hydrogen-bond acceptors (Lipinski definition) is 6. The molecular weight excluding hydrogens is 368 g/mol. The second-order valence-electron chi connectivity index (χ2n) is 4.60. The van der Waals surface area contributed by atoms with Gasteiger partial charge in [0.1, 0.15) is 5.69 Å². The molecule has 0 radical (unpaired) electrons. The van der Waals surface area contributed by atoms with Crippen LogP contribution in [0.4, 0.5) is 17.1 Å². The molecule has 0 heterocycles. The SMILES string of the molecule is O=[N+]([O-])c1ccc(NNC(CBr)c2ccccc2)c([N+](=O)[O-])c1. The highest BCUT2D eigenvalue weighted by Crippen LogP contribution is 2.29. The monoisotopic (exact) mass is 380 g/mol. The van der Waals surface area contributed by atoms with Crippen LogP contribution in [0.1, 0.15) is 11.6 Å². The van der Waals surface area contributed by atoms with Crippen molar-refractivity contribution in [1.82, 2.24) is 5.43 Å². The van der Waals surface area contributed by atoms with Crippen LogP contribution in [0.15, 0.2) is 48.5 Å². The molecule has 23 heavy (non-hydrogen) atoms. The zero-order valence-corrected chi connectivity index (χ0v) is 13.4. The summed E-state index contributed by atoms with van der Waals surface area (Å²) in [5.41, 5.74) is 6.18. The average molecular weight is 381 g/mol. The highest BCUT2D eigenvalue weighted by molar-refractivity contribution is 9.09. The first kappa shape index (κ1) is 16.8. The lowest BCUT2D eigenvalue weighted by Gasteiger charge is -2.18. The Labute approximate surface area is 139 Å². The maximum absolute atomic E-state index is 11.1. The molecule has 8 nitrogen and oxygen atoms in total. The fraction of sp³-hybridized carbons (Fsp3) is 0.143. The third-order valence-corrected chi connectivity index (χ3v) is 3.77. The van der Waals surface area contributed by atoms with E-state index in [1.807, 2.05) is 30.3 Å². The lowest BCUT2D eigenvalue weighted by molar-refractivity contribution is -0.393. The minimum absolute atomic E-state index is 0.133. The van der Waals surface area contributed by atoms with Gasteiger partial charge in [-0.2, -0.15) is 0 Å². The minimum atomic E-state index is -0.671. The van der Waals surface area contributed by atoms with Gasteiger partial charge in [-0.25, -0.2) is 5.43 Å². The quantitative estimate of drug-likeness (QED) is 0.431. The molecule has 0 amide bonds. The van der Waals surface area contributed by atoms with E-state index < -0.39 is 9.85 Å². The van der Waals surface area contributed by atoms with Crippen molar-refractivity contribution in [3.8, 4) is 0 Å². The molecular formula is C14H13BrN4O4. The van der Waals surface area contributed by atoms with E-state index in [0.717, 1.165) is 11.6 Å². The first-order valence-electron chi connectivity index (χ1n) is 6.58. The smallest absolute Gasteiger partial charge is 0.300 e. The Kier molecular flexibility index (Phi) is 5.61. The maximum atomic E-state index is 11.1. The summed E-state index contributed by atoms with van der Waals surface area (Å²) in [6.45, 7) is 0. The van der Waals surface area contributed by atoms with Gasteiger partial charge in [-0.3, -0.25) is 20.2 Å². The van der Waals surface area contributed by atoms with Gasteiger partial charge in [0.25, 0.3) is 5.69 Å². The van der Waals surface area contributed by atoms with Gasteiger partial charge in [-0.15, -0.1) is 0 Å². The van der Waals surface area contributed by atoms with Crippen LogP contribution in [0.3, 0.4) is 0 Å². The standard InChI is InChI=1S/C14H13BrN4O4/c15-9-13(10-4-2-1-3-5-10)17-16-12-7-6-11(18(20)21)8-14(12)19(22)23/h1-8,13,16-17H,9H2. The molecule has 1 atom stereocenters. The third kappa shape index (κ3) is 4.24. The van der Waals surface area contributed by atoms with E-state index in [2.05, 4.69) is 26.8 Å². The van der Waals surface area contributed by atoms with Gasteiger partial charge in [-0.05, 0) is 11.6 Å². The number of nitro benzene ring substituents is 2. The Morgan fingerprint density at radius 1 is 1.04 bits per heavy atom. The van der Waals surface area contributed by atoms with Gasteiger partial charge in [0.05, 0.1) is 22.0 Å². The van der Waals surface area contributed by atoms with E-state index in [1.54, 1.807) is 0 Å². The maximum Gasteiger partial charge on any atom is 0.300 e. The fourth-order valence-electron chi connectivity index (χ4n) is 1.95. The van der Waals surface area contributed by atoms with Crippen molar-refractivity contribution in [3.05, 3.63) is 74.3 Å². The molecule has 120 valence electrons. The molecule has 0 saturated carbocycles. The Bertz CT molecular complexity index is 711. The van der Waals surface area contributed by atoms with Crippen LogP contribution in [0.25, 0.3) is 0 Å². The zero-order valence-electron chi connectivity index (χ0n) is 11.8. The zero-order chi connectivity index (χ0) is 16.8. The van der Waals surface area contributed by atoms with Crippen LogP contribution in [-0.2, 0) is 0 Å². The Morgan fingerprint density at radius 3 is 2.30 bits per heavy atom. The van der Waals surface area contributed by atoms with E-state index in [0.29, 0.717) is 5.33 Å². The van der Waals surface area contributed by atoms with E-state index in [9.17, 15) is 20.2 Å². The number of nitrogens with one attached hydrogen (secondary N) is 2. The Morgan fingerprint density at radius 2 is 1.74 bits per heavy atom. The molecule has 0 aromatic heterocycles. The van der Waals surface area contributed by atoms with Crippen LogP contribution in [0, 0.1) is 20.2 Å². The number of non-ortho nitro benzene ring substituents is 1. The number of anilines is 1. The summed E-state index contributed by atoms with van der Waals surface area (Å²) in [5.74, 6) is 0. The van der Waals surface area contributed by atoms with Gasteiger partial charge in [0.15, 0.2) is 0 Å². The molecule has 0 fully saturated rings.